The highest BCUT2D eigenvalue weighted by atomic mass is 35.5. The summed E-state index contributed by atoms with van der Waals surface area (Å²) in [5.74, 6) is -0.271. The fourth-order valence-corrected chi connectivity index (χ4v) is 3.67. The highest BCUT2D eigenvalue weighted by Gasteiger charge is 2.43. The molecule has 1 atom stereocenters. The number of carboxylic acids is 1. The lowest BCUT2D eigenvalue weighted by Crippen LogP contribution is -2.52. The van der Waals surface area contributed by atoms with Gasteiger partial charge in [0.15, 0.2) is 0 Å². The van der Waals surface area contributed by atoms with Gasteiger partial charge in [-0.15, -0.1) is 0 Å². The largest absolute Gasteiger partial charge is 0.477 e. The van der Waals surface area contributed by atoms with Crippen molar-refractivity contribution in [3.63, 3.8) is 0 Å². The van der Waals surface area contributed by atoms with Crippen molar-refractivity contribution >= 4 is 28.3 Å². The Morgan fingerprint density at radius 2 is 1.74 bits per heavy atom. The van der Waals surface area contributed by atoms with Crippen LogP contribution in [0.4, 0.5) is 13.2 Å². The Morgan fingerprint density at radius 3 is 2.35 bits per heavy atom. The maximum absolute atomic E-state index is 12.8. The number of halogens is 4. The molecule has 1 saturated heterocycles. The molecular formula is C22H17ClF3NO4. The van der Waals surface area contributed by atoms with E-state index in [1.165, 1.54) is 0 Å². The van der Waals surface area contributed by atoms with E-state index in [0.29, 0.717) is 36.3 Å². The lowest BCUT2D eigenvalue weighted by atomic mass is 10.1. The lowest BCUT2D eigenvalue weighted by molar-refractivity contribution is -0.157. The third-order valence-electron chi connectivity index (χ3n) is 5.02. The van der Waals surface area contributed by atoms with E-state index in [2.05, 4.69) is 5.32 Å². The van der Waals surface area contributed by atoms with E-state index in [9.17, 15) is 23.1 Å². The molecule has 3 aromatic carbocycles. The third-order valence-corrected chi connectivity index (χ3v) is 5.32. The number of nitrogens with one attached hydrogen (secondary N) is 1. The second kappa shape index (κ2) is 7.94. The number of ether oxygens (including phenoxy) is 2. The molecule has 1 aliphatic rings. The monoisotopic (exact) mass is 451 g/mol. The van der Waals surface area contributed by atoms with Crippen LogP contribution < -0.4 is 14.8 Å². The Hall–Kier alpha value is -2.97. The van der Waals surface area contributed by atoms with Gasteiger partial charge >= 0.3 is 12.1 Å². The summed E-state index contributed by atoms with van der Waals surface area (Å²) in [6.07, 6.45) is -3.47. The Balaban J connectivity index is 1.60. The van der Waals surface area contributed by atoms with Gasteiger partial charge in [0.25, 0.3) is 5.72 Å². The van der Waals surface area contributed by atoms with E-state index in [0.717, 1.165) is 23.6 Å². The molecule has 31 heavy (non-hydrogen) atoms. The maximum Gasteiger partial charge on any atom is 0.416 e. The zero-order valence-electron chi connectivity index (χ0n) is 16.0. The predicted octanol–water partition coefficient (Wildman–Crippen LogP) is 5.85. The van der Waals surface area contributed by atoms with Gasteiger partial charge < -0.3 is 14.6 Å². The molecule has 3 aromatic rings. The fourth-order valence-electron chi connectivity index (χ4n) is 3.45. The number of benzene rings is 3. The second-order valence-electron chi connectivity index (χ2n) is 7.18. The van der Waals surface area contributed by atoms with Crippen LogP contribution in [0.5, 0.6) is 17.2 Å². The standard InChI is InChI=1S/C22H17ClF3NO4/c23-18-12-15(22(24,25)26)4-7-19(18)30-16-5-2-13-3-6-17(11-14(13)10-16)31-21(20(28)29)8-1-9-27-21/h2-7,10-12,27H,1,8-9H2,(H,28,29)/t21-/m1/s1. The number of carbonyl (C=O) groups is 1. The van der Waals surface area contributed by atoms with E-state index in [4.69, 9.17) is 21.1 Å². The maximum atomic E-state index is 12.8. The summed E-state index contributed by atoms with van der Waals surface area (Å²) in [6, 6.07) is 13.1. The van der Waals surface area contributed by atoms with Crippen LogP contribution in [-0.4, -0.2) is 23.3 Å². The van der Waals surface area contributed by atoms with E-state index >= 15 is 0 Å². The molecule has 0 aromatic heterocycles. The summed E-state index contributed by atoms with van der Waals surface area (Å²) in [4.78, 5) is 11.7. The molecule has 0 saturated carbocycles. The van der Waals surface area contributed by atoms with Crippen molar-refractivity contribution in [3.8, 4) is 17.2 Å². The number of fused-ring (bicyclic) bond motifs is 1. The Labute approximate surface area is 180 Å². The Morgan fingerprint density at radius 1 is 1.03 bits per heavy atom. The minimum Gasteiger partial charge on any atom is -0.477 e. The number of carboxylic acid groups (broad SMARTS) is 1. The van der Waals surface area contributed by atoms with E-state index < -0.39 is 23.4 Å². The SMILES string of the molecule is O=C(O)[C@]1(Oc2ccc3ccc(Oc4ccc(C(F)(F)F)cc4Cl)cc3c2)CCCN1. The lowest BCUT2D eigenvalue weighted by Gasteiger charge is -2.26. The first-order chi connectivity index (χ1) is 14.7. The number of alkyl halides is 3. The van der Waals surface area contributed by atoms with Crippen LogP contribution in [0.15, 0.2) is 54.6 Å². The summed E-state index contributed by atoms with van der Waals surface area (Å²) in [5, 5.41) is 13.8. The number of hydrogen-bond donors (Lipinski definition) is 2. The zero-order chi connectivity index (χ0) is 22.2. The Bertz CT molecular complexity index is 1140. The van der Waals surface area contributed by atoms with E-state index in [-0.39, 0.29) is 10.8 Å². The highest BCUT2D eigenvalue weighted by Crippen LogP contribution is 2.37. The van der Waals surface area contributed by atoms with E-state index in [1.807, 2.05) is 0 Å². The molecule has 162 valence electrons. The van der Waals surface area contributed by atoms with Gasteiger partial charge in [0.05, 0.1) is 10.6 Å². The van der Waals surface area contributed by atoms with Crippen LogP contribution >= 0.6 is 11.6 Å². The average molecular weight is 452 g/mol. The molecule has 1 fully saturated rings. The molecule has 0 aliphatic carbocycles. The normalized spacial score (nSPS) is 18.8. The summed E-state index contributed by atoms with van der Waals surface area (Å²) < 4.78 is 49.9. The van der Waals surface area contributed by atoms with Crippen LogP contribution in [0.25, 0.3) is 10.8 Å². The first-order valence-corrected chi connectivity index (χ1v) is 9.80. The molecule has 1 heterocycles. The predicted molar refractivity (Wildman–Crippen MR) is 109 cm³/mol. The van der Waals surface area contributed by atoms with Crippen molar-refractivity contribution in [1.29, 1.82) is 0 Å². The molecule has 5 nitrogen and oxygen atoms in total. The molecule has 0 spiro atoms. The molecule has 2 N–H and O–H groups in total. The van der Waals surface area contributed by atoms with Gasteiger partial charge in [-0.05, 0) is 66.2 Å². The first kappa shape index (κ1) is 21.3. The van der Waals surface area contributed by atoms with Crippen molar-refractivity contribution in [1.82, 2.24) is 5.32 Å². The Kier molecular flexibility index (Phi) is 5.45. The molecular weight excluding hydrogens is 435 g/mol. The van der Waals surface area contributed by atoms with Crippen molar-refractivity contribution in [2.24, 2.45) is 0 Å². The van der Waals surface area contributed by atoms with Gasteiger partial charge in [-0.3, -0.25) is 5.32 Å². The van der Waals surface area contributed by atoms with Crippen molar-refractivity contribution in [2.45, 2.75) is 24.7 Å². The van der Waals surface area contributed by atoms with Crippen LogP contribution in [0.2, 0.25) is 5.02 Å². The van der Waals surface area contributed by atoms with Crippen LogP contribution in [0.1, 0.15) is 18.4 Å². The molecule has 1 aliphatic heterocycles. The second-order valence-corrected chi connectivity index (χ2v) is 7.59. The molecule has 4 rings (SSSR count). The summed E-state index contributed by atoms with van der Waals surface area (Å²) >= 11 is 5.96. The number of hydrogen-bond acceptors (Lipinski definition) is 4. The molecule has 9 heteroatoms. The first-order valence-electron chi connectivity index (χ1n) is 9.42. The van der Waals surface area contributed by atoms with Crippen LogP contribution in [-0.2, 0) is 11.0 Å². The quantitative estimate of drug-likeness (QED) is 0.509. The summed E-state index contributed by atoms with van der Waals surface area (Å²) in [5.41, 5.74) is -2.33. The van der Waals surface area contributed by atoms with Gasteiger partial charge in [0, 0.05) is 6.42 Å². The van der Waals surface area contributed by atoms with Crippen molar-refractivity contribution in [2.75, 3.05) is 6.54 Å². The smallest absolute Gasteiger partial charge is 0.416 e. The number of rotatable bonds is 5. The van der Waals surface area contributed by atoms with Gasteiger partial charge in [0.1, 0.15) is 17.2 Å². The zero-order valence-corrected chi connectivity index (χ0v) is 16.8. The third kappa shape index (κ3) is 4.40. The molecule has 0 bridgehead atoms. The van der Waals surface area contributed by atoms with Crippen LogP contribution in [0.3, 0.4) is 0 Å². The summed E-state index contributed by atoms with van der Waals surface area (Å²) in [6.45, 7) is 0.547. The highest BCUT2D eigenvalue weighted by molar-refractivity contribution is 6.32. The van der Waals surface area contributed by atoms with Crippen molar-refractivity contribution < 1.29 is 32.5 Å². The average Bonchev–Trinajstić information content (AvgIpc) is 3.18. The summed E-state index contributed by atoms with van der Waals surface area (Å²) in [7, 11) is 0. The van der Waals surface area contributed by atoms with Crippen LogP contribution in [0, 0.1) is 0 Å². The molecule has 0 unspecified atom stereocenters. The minimum absolute atomic E-state index is 0.0846. The fraction of sp³-hybridized carbons (Fsp3) is 0.227. The number of aliphatic carboxylic acids is 1. The topological polar surface area (TPSA) is 67.8 Å². The van der Waals surface area contributed by atoms with Crippen molar-refractivity contribution in [3.05, 3.63) is 65.2 Å². The van der Waals surface area contributed by atoms with Gasteiger partial charge in [-0.2, -0.15) is 13.2 Å². The van der Waals surface area contributed by atoms with Gasteiger partial charge in [0.2, 0.25) is 0 Å². The van der Waals surface area contributed by atoms with E-state index in [1.54, 1.807) is 36.4 Å². The van der Waals surface area contributed by atoms with Gasteiger partial charge in [-0.25, -0.2) is 4.79 Å². The minimum atomic E-state index is -4.50. The van der Waals surface area contributed by atoms with Gasteiger partial charge in [-0.1, -0.05) is 23.7 Å². The molecule has 0 amide bonds. The molecule has 0 radical (unpaired) electrons.